The van der Waals surface area contributed by atoms with E-state index in [1.54, 1.807) is 0 Å². The number of alkyl halides is 6. The summed E-state index contributed by atoms with van der Waals surface area (Å²) in [7, 11) is 0. The van der Waals surface area contributed by atoms with Gasteiger partial charge in [-0.3, -0.25) is 4.79 Å². The molecular formula is C19H19F6N3O. The van der Waals surface area contributed by atoms with Crippen molar-refractivity contribution in [1.82, 2.24) is 9.78 Å². The first-order valence-corrected chi connectivity index (χ1v) is 9.12. The Hall–Kier alpha value is -2.52. The maximum absolute atomic E-state index is 13.1. The van der Waals surface area contributed by atoms with Gasteiger partial charge in [0.15, 0.2) is 5.69 Å². The highest BCUT2D eigenvalue weighted by Crippen LogP contribution is 2.36. The van der Waals surface area contributed by atoms with Crippen LogP contribution in [0.4, 0.5) is 32.0 Å². The van der Waals surface area contributed by atoms with Crippen molar-refractivity contribution in [3.63, 3.8) is 0 Å². The normalized spacial score (nSPS) is 20.5. The summed E-state index contributed by atoms with van der Waals surface area (Å²) in [4.78, 5) is 12.4. The van der Waals surface area contributed by atoms with Crippen molar-refractivity contribution in [3.05, 3.63) is 41.7 Å². The molecule has 3 rings (SSSR count). The van der Waals surface area contributed by atoms with Gasteiger partial charge < -0.3 is 5.32 Å². The van der Waals surface area contributed by atoms with Crippen molar-refractivity contribution >= 4 is 11.6 Å². The smallest absolute Gasteiger partial charge is 0.326 e. The van der Waals surface area contributed by atoms with Crippen molar-refractivity contribution in [2.75, 3.05) is 5.32 Å². The number of benzene rings is 1. The quantitative estimate of drug-likeness (QED) is 0.652. The standard InChI is InChI=1S/C19H19F6N3O/c1-11-4-2-3-5-14(11)17(29)26-12-6-8-13(9-7-12)28-16(19(23,24)25)10-15(27-28)18(20,21)22/h6-11,14H,2-5H2,1H3,(H,26,29). The Balaban J connectivity index is 1.83. The lowest BCUT2D eigenvalue weighted by Crippen LogP contribution is -2.30. The monoisotopic (exact) mass is 419 g/mol. The molecule has 158 valence electrons. The summed E-state index contributed by atoms with van der Waals surface area (Å²) >= 11 is 0. The first-order chi connectivity index (χ1) is 13.5. The number of amides is 1. The molecule has 1 aromatic heterocycles. The lowest BCUT2D eigenvalue weighted by molar-refractivity contribution is -0.143. The number of hydrogen-bond donors (Lipinski definition) is 1. The number of carbonyl (C=O) groups excluding carboxylic acids is 1. The summed E-state index contributed by atoms with van der Waals surface area (Å²) in [6, 6.07) is 5.02. The molecule has 1 amide bonds. The van der Waals surface area contributed by atoms with Crippen LogP contribution in [-0.4, -0.2) is 15.7 Å². The molecule has 1 aliphatic rings. The first kappa shape index (κ1) is 21.2. The Morgan fingerprint density at radius 3 is 2.21 bits per heavy atom. The Labute approximate surface area is 162 Å². The Bertz CT molecular complexity index is 870. The first-order valence-electron chi connectivity index (χ1n) is 9.12. The van der Waals surface area contributed by atoms with Crippen molar-refractivity contribution in [3.8, 4) is 5.69 Å². The van der Waals surface area contributed by atoms with Gasteiger partial charge in [0.05, 0.1) is 5.69 Å². The van der Waals surface area contributed by atoms with Gasteiger partial charge in [-0.15, -0.1) is 0 Å². The fraction of sp³-hybridized carbons (Fsp3) is 0.474. The minimum atomic E-state index is -5.01. The predicted molar refractivity (Wildman–Crippen MR) is 93.3 cm³/mol. The van der Waals surface area contributed by atoms with E-state index in [0.717, 1.165) is 25.7 Å². The zero-order valence-corrected chi connectivity index (χ0v) is 15.4. The summed E-state index contributed by atoms with van der Waals surface area (Å²) in [6.45, 7) is 2.00. The van der Waals surface area contributed by atoms with Crippen molar-refractivity contribution < 1.29 is 31.1 Å². The summed E-state index contributed by atoms with van der Waals surface area (Å²) in [5.74, 6) is -0.0673. The van der Waals surface area contributed by atoms with Crippen LogP contribution >= 0.6 is 0 Å². The van der Waals surface area contributed by atoms with Crippen LogP contribution in [0.15, 0.2) is 30.3 Å². The molecular weight excluding hydrogens is 400 g/mol. The molecule has 2 aromatic rings. The van der Waals surface area contributed by atoms with E-state index in [1.807, 2.05) is 6.92 Å². The van der Waals surface area contributed by atoms with E-state index in [2.05, 4.69) is 10.4 Å². The molecule has 4 nitrogen and oxygen atoms in total. The van der Waals surface area contributed by atoms with Gasteiger partial charge in [-0.1, -0.05) is 19.8 Å². The molecule has 29 heavy (non-hydrogen) atoms. The fourth-order valence-corrected chi connectivity index (χ4v) is 3.55. The molecule has 1 aromatic carbocycles. The molecule has 0 bridgehead atoms. The van der Waals surface area contributed by atoms with E-state index in [-0.39, 0.29) is 34.2 Å². The molecule has 0 spiro atoms. The van der Waals surface area contributed by atoms with Gasteiger partial charge >= 0.3 is 12.4 Å². The molecule has 1 N–H and O–H groups in total. The molecule has 0 aliphatic heterocycles. The van der Waals surface area contributed by atoms with Crippen LogP contribution in [0.3, 0.4) is 0 Å². The number of halogens is 6. The van der Waals surface area contributed by atoms with E-state index < -0.39 is 23.7 Å². The van der Waals surface area contributed by atoms with Gasteiger partial charge in [-0.2, -0.15) is 31.4 Å². The van der Waals surface area contributed by atoms with Crippen molar-refractivity contribution in [2.24, 2.45) is 11.8 Å². The average molecular weight is 419 g/mol. The van der Waals surface area contributed by atoms with Gasteiger partial charge in [0.25, 0.3) is 0 Å². The summed E-state index contributed by atoms with van der Waals surface area (Å²) < 4.78 is 78.1. The van der Waals surface area contributed by atoms with Crippen LogP contribution in [0, 0.1) is 11.8 Å². The summed E-state index contributed by atoms with van der Waals surface area (Å²) in [6.07, 6.45) is -6.25. The number of anilines is 1. The molecule has 1 fully saturated rings. The van der Waals surface area contributed by atoms with Crippen LogP contribution in [0.25, 0.3) is 5.69 Å². The second kappa shape index (κ2) is 7.72. The van der Waals surface area contributed by atoms with Gasteiger partial charge in [-0.05, 0) is 43.0 Å². The molecule has 1 aliphatic carbocycles. The van der Waals surface area contributed by atoms with Crippen LogP contribution in [0.2, 0.25) is 0 Å². The predicted octanol–water partition coefficient (Wildman–Crippen LogP) is 5.67. The maximum Gasteiger partial charge on any atom is 0.435 e. The minimum Gasteiger partial charge on any atom is -0.326 e. The molecule has 2 unspecified atom stereocenters. The molecule has 1 saturated carbocycles. The van der Waals surface area contributed by atoms with Gasteiger partial charge in [0.2, 0.25) is 5.91 Å². The molecule has 0 saturated heterocycles. The third kappa shape index (κ3) is 4.73. The van der Waals surface area contributed by atoms with Crippen molar-refractivity contribution in [1.29, 1.82) is 0 Å². The fourth-order valence-electron chi connectivity index (χ4n) is 3.55. The molecule has 2 atom stereocenters. The molecule has 1 heterocycles. The van der Waals surface area contributed by atoms with E-state index in [9.17, 15) is 31.1 Å². The van der Waals surface area contributed by atoms with Gasteiger partial charge in [0, 0.05) is 17.7 Å². The van der Waals surface area contributed by atoms with Crippen LogP contribution in [-0.2, 0) is 17.1 Å². The minimum absolute atomic E-state index is 0.0276. The van der Waals surface area contributed by atoms with E-state index >= 15 is 0 Å². The number of aromatic nitrogens is 2. The van der Waals surface area contributed by atoms with E-state index in [1.165, 1.54) is 24.3 Å². The van der Waals surface area contributed by atoms with E-state index in [0.29, 0.717) is 5.69 Å². The van der Waals surface area contributed by atoms with Gasteiger partial charge in [-0.25, -0.2) is 4.68 Å². The third-order valence-electron chi connectivity index (χ3n) is 5.12. The topological polar surface area (TPSA) is 46.9 Å². The lowest BCUT2D eigenvalue weighted by Gasteiger charge is -2.27. The number of rotatable bonds is 3. The Morgan fingerprint density at radius 2 is 1.66 bits per heavy atom. The van der Waals surface area contributed by atoms with Crippen LogP contribution in [0.1, 0.15) is 44.0 Å². The third-order valence-corrected chi connectivity index (χ3v) is 5.12. The van der Waals surface area contributed by atoms with Crippen LogP contribution < -0.4 is 5.32 Å². The lowest BCUT2D eigenvalue weighted by atomic mass is 9.80. The number of nitrogens with one attached hydrogen (secondary N) is 1. The zero-order valence-electron chi connectivity index (χ0n) is 15.4. The highest BCUT2D eigenvalue weighted by molar-refractivity contribution is 5.92. The van der Waals surface area contributed by atoms with Crippen LogP contribution in [0.5, 0.6) is 0 Å². The SMILES string of the molecule is CC1CCCCC1C(=O)Nc1ccc(-n2nc(C(F)(F)F)cc2C(F)(F)F)cc1. The Morgan fingerprint density at radius 1 is 1.03 bits per heavy atom. The number of nitrogens with zero attached hydrogens (tertiary/aromatic N) is 2. The highest BCUT2D eigenvalue weighted by Gasteiger charge is 2.42. The second-order valence-electron chi connectivity index (χ2n) is 7.23. The molecule has 0 radical (unpaired) electrons. The van der Waals surface area contributed by atoms with Gasteiger partial charge in [0.1, 0.15) is 5.69 Å². The second-order valence-corrected chi connectivity index (χ2v) is 7.23. The average Bonchev–Trinajstić information content (AvgIpc) is 3.09. The summed E-state index contributed by atoms with van der Waals surface area (Å²) in [5, 5.41) is 5.80. The number of hydrogen-bond acceptors (Lipinski definition) is 2. The van der Waals surface area contributed by atoms with E-state index in [4.69, 9.17) is 0 Å². The summed E-state index contributed by atoms with van der Waals surface area (Å²) in [5.41, 5.74) is -3.00. The molecule has 10 heteroatoms. The number of carbonyl (C=O) groups is 1. The zero-order chi connectivity index (χ0) is 21.4. The highest BCUT2D eigenvalue weighted by atomic mass is 19.4. The maximum atomic E-state index is 13.1. The Kier molecular flexibility index (Phi) is 5.64. The largest absolute Gasteiger partial charge is 0.435 e. The van der Waals surface area contributed by atoms with Crippen molar-refractivity contribution in [2.45, 2.75) is 45.0 Å².